The van der Waals surface area contributed by atoms with Crippen LogP contribution in [0.5, 0.6) is 0 Å². The third-order valence-corrected chi connectivity index (χ3v) is 15.1. The maximum absolute atomic E-state index is 2.66. The van der Waals surface area contributed by atoms with Gasteiger partial charge in [0.1, 0.15) is 0 Å². The number of benzene rings is 5. The number of hydrogen-bond donors (Lipinski definition) is 0. The predicted octanol–water partition coefficient (Wildman–Crippen LogP) is 12.5. The van der Waals surface area contributed by atoms with E-state index in [0.29, 0.717) is 5.41 Å². The number of nitrogens with zero attached hydrogens (tertiary/aromatic N) is 1. The van der Waals surface area contributed by atoms with Crippen molar-refractivity contribution in [3.63, 3.8) is 0 Å². The van der Waals surface area contributed by atoms with Crippen molar-refractivity contribution in [3.05, 3.63) is 138 Å². The topological polar surface area (TPSA) is 3.24 Å². The molecule has 0 amide bonds. The second kappa shape index (κ2) is 9.36. The predicted molar refractivity (Wildman–Crippen MR) is 203 cm³/mol. The van der Waals surface area contributed by atoms with Gasteiger partial charge in [0.25, 0.3) is 0 Å². The average Bonchev–Trinajstić information content (AvgIpc) is 3.75. The molecule has 0 saturated heterocycles. The van der Waals surface area contributed by atoms with Gasteiger partial charge in [-0.1, -0.05) is 119 Å². The van der Waals surface area contributed by atoms with Crippen LogP contribution in [-0.4, -0.2) is 0 Å². The maximum Gasteiger partial charge on any atom is 0.0543 e. The zero-order valence-corrected chi connectivity index (χ0v) is 29.5. The van der Waals surface area contributed by atoms with Gasteiger partial charge in [-0.25, -0.2) is 0 Å². The van der Waals surface area contributed by atoms with Crippen molar-refractivity contribution in [1.29, 1.82) is 0 Å². The number of rotatable bonds is 4. The Hall–Kier alpha value is -4.10. The summed E-state index contributed by atoms with van der Waals surface area (Å²) in [5, 5.41) is 0. The van der Waals surface area contributed by atoms with E-state index in [1.807, 2.05) is 0 Å². The first-order chi connectivity index (χ1) is 23.8. The van der Waals surface area contributed by atoms with E-state index in [1.165, 1.54) is 89.0 Å². The van der Waals surface area contributed by atoms with Crippen molar-refractivity contribution in [3.8, 4) is 22.3 Å². The molecule has 2 bridgehead atoms. The monoisotopic (exact) mass is 637 g/mol. The van der Waals surface area contributed by atoms with Gasteiger partial charge in [-0.05, 0) is 142 Å². The van der Waals surface area contributed by atoms with Crippen LogP contribution in [0.4, 0.5) is 17.1 Å². The lowest BCUT2D eigenvalue weighted by Crippen LogP contribution is -2.73. The highest BCUT2D eigenvalue weighted by Gasteiger charge is 2.84. The van der Waals surface area contributed by atoms with Gasteiger partial charge < -0.3 is 4.90 Å². The van der Waals surface area contributed by atoms with Crippen LogP contribution in [0.2, 0.25) is 0 Å². The van der Waals surface area contributed by atoms with Gasteiger partial charge in [-0.2, -0.15) is 0 Å². The quantitative estimate of drug-likeness (QED) is 0.189. The highest BCUT2D eigenvalue weighted by molar-refractivity contribution is 5.99. The summed E-state index contributed by atoms with van der Waals surface area (Å²) < 4.78 is 0. The molecule has 4 fully saturated rings. The summed E-state index contributed by atoms with van der Waals surface area (Å²) in [6.45, 7) is 9.87. The van der Waals surface area contributed by atoms with Gasteiger partial charge in [0, 0.05) is 16.7 Å². The number of para-hydroxylation sites is 1. The lowest BCUT2D eigenvalue weighted by Gasteiger charge is -2.76. The van der Waals surface area contributed by atoms with Crippen molar-refractivity contribution in [1.82, 2.24) is 0 Å². The third-order valence-electron chi connectivity index (χ3n) is 15.1. The Bertz CT molecular complexity index is 2170. The second-order valence-electron chi connectivity index (χ2n) is 18.0. The highest BCUT2D eigenvalue weighted by Crippen LogP contribution is 2.90. The highest BCUT2D eigenvalue weighted by atomic mass is 15.2. The molecule has 0 heterocycles. The van der Waals surface area contributed by atoms with E-state index >= 15 is 0 Å². The molecule has 6 atom stereocenters. The minimum atomic E-state index is 0.0798. The minimum Gasteiger partial charge on any atom is -0.310 e. The second-order valence-corrected chi connectivity index (χ2v) is 18.0. The summed E-state index contributed by atoms with van der Waals surface area (Å²) in [5.74, 6) is 3.42. The fourth-order valence-electron chi connectivity index (χ4n) is 13.4. The molecule has 6 unspecified atom stereocenters. The molecule has 4 saturated carbocycles. The lowest BCUT2D eigenvalue weighted by molar-refractivity contribution is -0.231. The van der Waals surface area contributed by atoms with Crippen LogP contribution in [0.25, 0.3) is 22.3 Å². The smallest absolute Gasteiger partial charge is 0.0543 e. The van der Waals surface area contributed by atoms with Crippen molar-refractivity contribution < 1.29 is 0 Å². The van der Waals surface area contributed by atoms with E-state index in [9.17, 15) is 0 Å². The fourth-order valence-corrected chi connectivity index (χ4v) is 13.4. The van der Waals surface area contributed by atoms with Gasteiger partial charge in [0.15, 0.2) is 0 Å². The van der Waals surface area contributed by atoms with Crippen LogP contribution < -0.4 is 4.90 Å². The van der Waals surface area contributed by atoms with E-state index in [2.05, 4.69) is 148 Å². The Morgan fingerprint density at radius 2 is 1.20 bits per heavy atom. The Kier molecular flexibility index (Phi) is 5.49. The molecular formula is C48H47N. The van der Waals surface area contributed by atoms with E-state index in [0.717, 1.165) is 23.7 Å². The summed E-state index contributed by atoms with van der Waals surface area (Å²) in [7, 11) is 0. The van der Waals surface area contributed by atoms with Crippen LogP contribution in [0.3, 0.4) is 0 Å². The van der Waals surface area contributed by atoms with Crippen molar-refractivity contribution in [2.45, 2.75) is 82.5 Å². The lowest BCUT2D eigenvalue weighted by atomic mass is 9.26. The average molecular weight is 638 g/mol. The molecule has 1 nitrogen and oxygen atoms in total. The molecule has 5 aromatic carbocycles. The molecule has 2 spiro atoms. The maximum atomic E-state index is 2.66. The van der Waals surface area contributed by atoms with E-state index in [-0.39, 0.29) is 16.2 Å². The molecule has 11 rings (SSSR count). The fraction of sp³-hybridized carbons (Fsp3) is 0.375. The first-order valence-corrected chi connectivity index (χ1v) is 19.1. The Balaban J connectivity index is 1.22. The number of anilines is 3. The van der Waals surface area contributed by atoms with Gasteiger partial charge in [0.2, 0.25) is 0 Å². The Morgan fingerprint density at radius 3 is 1.98 bits per heavy atom. The summed E-state index contributed by atoms with van der Waals surface area (Å²) >= 11 is 0. The molecule has 0 aromatic heterocycles. The first kappa shape index (κ1) is 28.7. The molecule has 6 aliphatic rings. The Labute approximate surface area is 292 Å². The standard InChI is InChI=1S/C48H47N/c1-45(2)24-25-46(3,4)44-37(45)21-13-23-39(44)49(33-16-9-6-10-17-33)38-22-12-20-36-42(38)35-19-11-18-34(31-14-7-5-8-15-31)43(35)48(36)40-27-30-26-32-28-41(48)47(32,40)29-30/h5-23,30,32,40-41H,24-29H2,1-4H3. The van der Waals surface area contributed by atoms with Crippen molar-refractivity contribution in [2.24, 2.45) is 29.1 Å². The summed E-state index contributed by atoms with van der Waals surface area (Å²) in [6.07, 6.45) is 8.22. The summed E-state index contributed by atoms with van der Waals surface area (Å²) in [6, 6.07) is 44.5. The van der Waals surface area contributed by atoms with Crippen molar-refractivity contribution in [2.75, 3.05) is 4.90 Å². The molecule has 6 aliphatic carbocycles. The van der Waals surface area contributed by atoms with Crippen LogP contribution in [0, 0.1) is 29.1 Å². The van der Waals surface area contributed by atoms with Gasteiger partial charge in [-0.3, -0.25) is 0 Å². The molecule has 1 heteroatoms. The van der Waals surface area contributed by atoms with Gasteiger partial charge in [0.05, 0.1) is 11.4 Å². The zero-order valence-electron chi connectivity index (χ0n) is 29.5. The molecule has 49 heavy (non-hydrogen) atoms. The molecule has 244 valence electrons. The third kappa shape index (κ3) is 3.34. The van der Waals surface area contributed by atoms with Gasteiger partial charge >= 0.3 is 0 Å². The van der Waals surface area contributed by atoms with Crippen LogP contribution >= 0.6 is 0 Å². The number of fused-ring (bicyclic) bond motifs is 9. The largest absolute Gasteiger partial charge is 0.310 e. The van der Waals surface area contributed by atoms with Crippen LogP contribution in [0.15, 0.2) is 115 Å². The Morgan fingerprint density at radius 1 is 0.551 bits per heavy atom. The first-order valence-electron chi connectivity index (χ1n) is 19.1. The summed E-state index contributed by atoms with van der Waals surface area (Å²) in [4.78, 5) is 2.66. The normalized spacial score (nSPS) is 31.3. The van der Waals surface area contributed by atoms with Crippen LogP contribution in [0.1, 0.15) is 88.5 Å². The molecule has 0 aliphatic heterocycles. The summed E-state index contributed by atoms with van der Waals surface area (Å²) in [5.41, 5.74) is 17.0. The van der Waals surface area contributed by atoms with E-state index < -0.39 is 0 Å². The zero-order chi connectivity index (χ0) is 32.9. The van der Waals surface area contributed by atoms with Gasteiger partial charge in [-0.15, -0.1) is 0 Å². The number of hydrogen-bond acceptors (Lipinski definition) is 1. The minimum absolute atomic E-state index is 0.0798. The molecule has 0 radical (unpaired) electrons. The van der Waals surface area contributed by atoms with E-state index in [4.69, 9.17) is 0 Å². The van der Waals surface area contributed by atoms with Crippen LogP contribution in [-0.2, 0) is 16.2 Å². The molecule has 0 N–H and O–H groups in total. The molecular weight excluding hydrogens is 591 g/mol. The van der Waals surface area contributed by atoms with Crippen molar-refractivity contribution >= 4 is 17.1 Å². The van der Waals surface area contributed by atoms with E-state index in [1.54, 1.807) is 11.1 Å². The molecule has 5 aromatic rings. The SMILES string of the molecule is CC1(C)CCC(C)(C)c2c(N(c3ccccc3)c3cccc4c3-c3cccc(-c5ccccc5)c3C43C4CC5CC6CC3C64C5)cccc21.